The van der Waals surface area contributed by atoms with Crippen molar-refractivity contribution in [3.8, 4) is 0 Å². The summed E-state index contributed by atoms with van der Waals surface area (Å²) in [6.07, 6.45) is 0.883. The molecule has 2 aromatic carbocycles. The normalized spacial score (nSPS) is 11.1. The van der Waals surface area contributed by atoms with E-state index in [9.17, 15) is 0 Å². The number of hydrogen-bond donors (Lipinski definition) is 1. The van der Waals surface area contributed by atoms with E-state index in [-0.39, 0.29) is 0 Å². The van der Waals surface area contributed by atoms with Gasteiger partial charge in [0.1, 0.15) is 0 Å². The van der Waals surface area contributed by atoms with Crippen LogP contribution < -0.4 is 5.73 Å². The van der Waals surface area contributed by atoms with Crippen LogP contribution in [0.3, 0.4) is 0 Å². The zero-order valence-corrected chi connectivity index (χ0v) is 12.9. The van der Waals surface area contributed by atoms with Gasteiger partial charge in [0.25, 0.3) is 0 Å². The van der Waals surface area contributed by atoms with Crippen LogP contribution in [-0.4, -0.2) is 4.98 Å². The van der Waals surface area contributed by atoms with E-state index in [1.165, 1.54) is 21.2 Å². The third-order valence-electron chi connectivity index (χ3n) is 3.22. The highest BCUT2D eigenvalue weighted by molar-refractivity contribution is 9.10. The van der Waals surface area contributed by atoms with E-state index < -0.39 is 0 Å². The van der Waals surface area contributed by atoms with Crippen molar-refractivity contribution < 1.29 is 0 Å². The number of aryl methyl sites for hydroxylation is 1. The van der Waals surface area contributed by atoms with Gasteiger partial charge in [0, 0.05) is 15.8 Å². The summed E-state index contributed by atoms with van der Waals surface area (Å²) in [6.45, 7) is 2.02. The Bertz CT molecular complexity index is 749. The van der Waals surface area contributed by atoms with Crippen LogP contribution in [0.5, 0.6) is 0 Å². The Kier molecular flexibility index (Phi) is 3.29. The lowest BCUT2D eigenvalue weighted by Gasteiger charge is -2.07. The molecule has 1 aromatic heterocycles. The Labute approximate surface area is 124 Å². The molecule has 0 spiro atoms. The number of rotatable bonds is 2. The highest BCUT2D eigenvalue weighted by Crippen LogP contribution is 2.30. The number of nitrogens with two attached hydrogens (primary N) is 1. The molecule has 3 aromatic rings. The van der Waals surface area contributed by atoms with Crippen LogP contribution >= 0.6 is 27.3 Å². The lowest BCUT2D eigenvalue weighted by atomic mass is 10.0. The van der Waals surface area contributed by atoms with Crippen LogP contribution in [0.2, 0.25) is 0 Å². The largest absolute Gasteiger partial charge is 0.375 e. The summed E-state index contributed by atoms with van der Waals surface area (Å²) in [5.74, 6) is 0. The van der Waals surface area contributed by atoms with Crippen molar-refractivity contribution in [1.82, 2.24) is 4.98 Å². The van der Waals surface area contributed by atoms with Crippen molar-refractivity contribution in [2.75, 3.05) is 5.73 Å². The number of benzene rings is 2. The molecule has 0 saturated carbocycles. The Morgan fingerprint density at radius 2 is 1.89 bits per heavy atom. The van der Waals surface area contributed by atoms with E-state index in [1.807, 2.05) is 6.92 Å². The third-order valence-corrected chi connectivity index (χ3v) is 4.90. The first-order valence-corrected chi connectivity index (χ1v) is 7.64. The molecule has 0 saturated heterocycles. The maximum atomic E-state index is 5.77. The molecule has 96 valence electrons. The van der Waals surface area contributed by atoms with Crippen molar-refractivity contribution in [2.24, 2.45) is 0 Å². The predicted molar refractivity (Wildman–Crippen MR) is 85.7 cm³/mol. The Morgan fingerprint density at radius 1 is 1.16 bits per heavy atom. The van der Waals surface area contributed by atoms with Crippen LogP contribution in [0.25, 0.3) is 10.8 Å². The quantitative estimate of drug-likeness (QED) is 0.748. The summed E-state index contributed by atoms with van der Waals surface area (Å²) < 4.78 is 1.13. The van der Waals surface area contributed by atoms with E-state index in [4.69, 9.17) is 5.73 Å². The van der Waals surface area contributed by atoms with Crippen molar-refractivity contribution in [3.05, 3.63) is 57.0 Å². The lowest BCUT2D eigenvalue weighted by molar-refractivity contribution is 1.16. The molecular formula is C15H13BrN2S. The van der Waals surface area contributed by atoms with Gasteiger partial charge in [0.2, 0.25) is 0 Å². The summed E-state index contributed by atoms with van der Waals surface area (Å²) in [5.41, 5.74) is 8.12. The van der Waals surface area contributed by atoms with Crippen molar-refractivity contribution >= 4 is 43.2 Å². The highest BCUT2D eigenvalue weighted by atomic mass is 79.9. The SMILES string of the molecule is Cc1nc(N)sc1Cc1ccc(Br)c2ccccc12. The van der Waals surface area contributed by atoms with E-state index in [0.29, 0.717) is 5.13 Å². The van der Waals surface area contributed by atoms with E-state index >= 15 is 0 Å². The first-order valence-electron chi connectivity index (χ1n) is 6.03. The fraction of sp³-hybridized carbons (Fsp3) is 0.133. The van der Waals surface area contributed by atoms with Crippen LogP contribution in [0.1, 0.15) is 16.1 Å². The number of hydrogen-bond acceptors (Lipinski definition) is 3. The molecule has 0 aliphatic heterocycles. The standard InChI is InChI=1S/C15H13BrN2S/c1-9-14(19-15(17)18-9)8-10-6-7-13(16)12-5-3-2-4-11(10)12/h2-7H,8H2,1H3,(H2,17,18). The Morgan fingerprint density at radius 3 is 2.58 bits per heavy atom. The second kappa shape index (κ2) is 4.94. The minimum absolute atomic E-state index is 0.647. The summed E-state index contributed by atoms with van der Waals surface area (Å²) in [5, 5.41) is 3.17. The van der Waals surface area contributed by atoms with Gasteiger partial charge in [-0.25, -0.2) is 4.98 Å². The molecular weight excluding hydrogens is 320 g/mol. The molecule has 0 aliphatic carbocycles. The van der Waals surface area contributed by atoms with Crippen LogP contribution in [0.4, 0.5) is 5.13 Å². The zero-order chi connectivity index (χ0) is 13.4. The fourth-order valence-corrected chi connectivity index (χ4v) is 3.60. The summed E-state index contributed by atoms with van der Waals surface area (Å²) >= 11 is 5.18. The van der Waals surface area contributed by atoms with Gasteiger partial charge in [-0.2, -0.15) is 0 Å². The number of anilines is 1. The van der Waals surface area contributed by atoms with Crippen molar-refractivity contribution in [3.63, 3.8) is 0 Å². The molecule has 0 radical (unpaired) electrons. The highest BCUT2D eigenvalue weighted by Gasteiger charge is 2.09. The smallest absolute Gasteiger partial charge is 0.180 e. The van der Waals surface area contributed by atoms with E-state index in [2.05, 4.69) is 57.3 Å². The molecule has 0 unspecified atom stereocenters. The number of nitrogens with zero attached hydrogens (tertiary/aromatic N) is 1. The first-order chi connectivity index (χ1) is 9.15. The number of nitrogen functional groups attached to an aromatic ring is 1. The topological polar surface area (TPSA) is 38.9 Å². The van der Waals surface area contributed by atoms with Crippen molar-refractivity contribution in [1.29, 1.82) is 0 Å². The van der Waals surface area contributed by atoms with Crippen LogP contribution in [-0.2, 0) is 6.42 Å². The van der Waals surface area contributed by atoms with Gasteiger partial charge in [-0.3, -0.25) is 0 Å². The summed E-state index contributed by atoms with van der Waals surface area (Å²) in [4.78, 5) is 5.53. The number of aromatic nitrogens is 1. The van der Waals surface area contributed by atoms with E-state index in [1.54, 1.807) is 11.3 Å². The third kappa shape index (κ3) is 2.38. The van der Waals surface area contributed by atoms with Gasteiger partial charge in [-0.1, -0.05) is 46.3 Å². The molecule has 4 heteroatoms. The molecule has 3 rings (SSSR count). The molecule has 0 atom stereocenters. The average Bonchev–Trinajstić information content (AvgIpc) is 2.72. The Balaban J connectivity index is 2.11. The molecule has 2 N–H and O–H groups in total. The maximum absolute atomic E-state index is 5.77. The Hall–Kier alpha value is -1.39. The number of halogens is 1. The summed E-state index contributed by atoms with van der Waals surface area (Å²) in [7, 11) is 0. The zero-order valence-electron chi connectivity index (χ0n) is 10.5. The molecule has 19 heavy (non-hydrogen) atoms. The van der Waals surface area contributed by atoms with Gasteiger partial charge in [-0.15, -0.1) is 11.3 Å². The first kappa shape index (κ1) is 12.6. The van der Waals surface area contributed by atoms with Gasteiger partial charge >= 0.3 is 0 Å². The second-order valence-corrected chi connectivity index (χ2v) is 6.46. The number of fused-ring (bicyclic) bond motifs is 1. The van der Waals surface area contributed by atoms with Gasteiger partial charge in [0.05, 0.1) is 5.69 Å². The minimum atomic E-state index is 0.647. The number of thiazole rings is 1. The molecule has 0 bridgehead atoms. The molecule has 0 fully saturated rings. The monoisotopic (exact) mass is 332 g/mol. The predicted octanol–water partition coefficient (Wildman–Crippen LogP) is 4.54. The van der Waals surface area contributed by atoms with Gasteiger partial charge in [-0.05, 0) is 29.3 Å². The van der Waals surface area contributed by atoms with E-state index in [0.717, 1.165) is 16.6 Å². The molecule has 0 aliphatic rings. The average molecular weight is 333 g/mol. The van der Waals surface area contributed by atoms with Gasteiger partial charge < -0.3 is 5.73 Å². The van der Waals surface area contributed by atoms with Gasteiger partial charge in [0.15, 0.2) is 5.13 Å². The van der Waals surface area contributed by atoms with Crippen LogP contribution in [0, 0.1) is 6.92 Å². The molecule has 0 amide bonds. The molecule has 2 nitrogen and oxygen atoms in total. The fourth-order valence-electron chi connectivity index (χ4n) is 2.27. The lowest BCUT2D eigenvalue weighted by Crippen LogP contribution is -1.90. The molecule has 1 heterocycles. The minimum Gasteiger partial charge on any atom is -0.375 e. The second-order valence-electron chi connectivity index (χ2n) is 4.49. The van der Waals surface area contributed by atoms with Crippen molar-refractivity contribution in [2.45, 2.75) is 13.3 Å². The maximum Gasteiger partial charge on any atom is 0.180 e. The van der Waals surface area contributed by atoms with Crippen LogP contribution in [0.15, 0.2) is 40.9 Å². The summed E-state index contributed by atoms with van der Waals surface area (Å²) in [6, 6.07) is 12.7.